The molecule has 0 fully saturated rings. The molecule has 0 amide bonds. The van der Waals surface area contributed by atoms with Gasteiger partial charge in [0.15, 0.2) is 17.5 Å². The Hall–Kier alpha value is -12.4. The fourth-order valence-electron chi connectivity index (χ4n) is 13.7. The van der Waals surface area contributed by atoms with E-state index < -0.39 is 0 Å². The highest BCUT2D eigenvalue weighted by Gasteiger charge is 2.44. The molecule has 0 atom stereocenters. The maximum absolute atomic E-state index is 10.7. The summed E-state index contributed by atoms with van der Waals surface area (Å²) in [6.07, 6.45) is 3.05. The second-order valence-corrected chi connectivity index (χ2v) is 23.5. The minimum absolute atomic E-state index is 0.264. The van der Waals surface area contributed by atoms with Crippen LogP contribution in [0.5, 0.6) is 0 Å². The quantitative estimate of drug-likeness (QED) is 0.111. The molecule has 0 saturated carbocycles. The fraction of sp³-hybridized carbons (Fsp3) is 0.0488. The van der Waals surface area contributed by atoms with Crippen LogP contribution in [-0.4, -0.2) is 26.2 Å². The van der Waals surface area contributed by atoms with Crippen molar-refractivity contribution in [3.63, 3.8) is 0 Å². The first-order chi connectivity index (χ1) is 45.4. The number of aryl methyl sites for hydroxylation is 1. The van der Waals surface area contributed by atoms with E-state index in [4.69, 9.17) is 15.0 Å². The Labute approximate surface area is 534 Å². The highest BCUT2D eigenvalue weighted by Crippen LogP contribution is 2.48. The van der Waals surface area contributed by atoms with Crippen LogP contribution in [0.1, 0.15) is 42.0 Å². The number of hydrogen-bond donors (Lipinski definition) is 0. The zero-order valence-electron chi connectivity index (χ0n) is 50.2. The lowest BCUT2D eigenvalue weighted by Gasteiger charge is -2.44. The molecular formula is C82H54BN9. The number of fused-ring (bicyclic) bond motifs is 7. The molecule has 0 aliphatic carbocycles. The fourth-order valence-corrected chi connectivity index (χ4v) is 13.7. The maximum Gasteiger partial charge on any atom is 0.252 e. The van der Waals surface area contributed by atoms with Gasteiger partial charge >= 0.3 is 0 Å². The predicted octanol–water partition coefficient (Wildman–Crippen LogP) is 18.0. The van der Waals surface area contributed by atoms with Crippen molar-refractivity contribution in [2.75, 3.05) is 9.80 Å². The summed E-state index contributed by atoms with van der Waals surface area (Å²) in [4.78, 5) is 20.2. The van der Waals surface area contributed by atoms with Crippen LogP contribution < -0.4 is 26.2 Å². The first-order valence-corrected chi connectivity index (χ1v) is 31.1. The Morgan fingerprint density at radius 1 is 0.359 bits per heavy atom. The topological polar surface area (TPSA) is 121 Å². The van der Waals surface area contributed by atoms with Crippen molar-refractivity contribution in [2.24, 2.45) is 0 Å². The summed E-state index contributed by atoms with van der Waals surface area (Å²) in [6, 6.07) is 102. The minimum Gasteiger partial charge on any atom is -0.311 e. The molecule has 92 heavy (non-hydrogen) atoms. The average molecular weight is 1180 g/mol. The summed E-state index contributed by atoms with van der Waals surface area (Å²) >= 11 is 0. The van der Waals surface area contributed by atoms with Gasteiger partial charge in [-0.2, -0.15) is 15.8 Å². The van der Waals surface area contributed by atoms with E-state index in [-0.39, 0.29) is 6.71 Å². The van der Waals surface area contributed by atoms with Crippen LogP contribution in [0, 0.1) is 34.0 Å². The molecule has 4 heterocycles. The predicted molar refractivity (Wildman–Crippen MR) is 374 cm³/mol. The molecular weight excluding hydrogens is 1120 g/mol. The summed E-state index contributed by atoms with van der Waals surface area (Å²) in [5.41, 5.74) is 23.3. The van der Waals surface area contributed by atoms with Gasteiger partial charge in [0.25, 0.3) is 6.71 Å². The van der Waals surface area contributed by atoms with Gasteiger partial charge < -0.3 is 14.4 Å². The van der Waals surface area contributed by atoms with Crippen molar-refractivity contribution in [1.82, 2.24) is 19.5 Å². The number of nitriles is 3. The molecule has 0 unspecified atom stereocenters. The monoisotopic (exact) mass is 1180 g/mol. The van der Waals surface area contributed by atoms with Crippen LogP contribution >= 0.6 is 0 Å². The van der Waals surface area contributed by atoms with E-state index in [2.05, 4.69) is 197 Å². The van der Waals surface area contributed by atoms with Crippen molar-refractivity contribution in [3.05, 3.63) is 295 Å². The van der Waals surface area contributed by atoms with Gasteiger partial charge in [0.1, 0.15) is 0 Å². The van der Waals surface area contributed by atoms with Gasteiger partial charge in [-0.3, -0.25) is 0 Å². The zero-order chi connectivity index (χ0) is 61.8. The Morgan fingerprint density at radius 3 is 1.29 bits per heavy atom. The minimum atomic E-state index is -0.264. The number of nitrogens with zero attached hydrogens (tertiary/aromatic N) is 9. The highest BCUT2D eigenvalue weighted by molar-refractivity contribution is 7.00. The lowest BCUT2D eigenvalue weighted by atomic mass is 9.33. The smallest absolute Gasteiger partial charge is 0.252 e. The van der Waals surface area contributed by atoms with Crippen LogP contribution in [0.3, 0.4) is 0 Å². The van der Waals surface area contributed by atoms with Crippen molar-refractivity contribution in [2.45, 2.75) is 26.2 Å². The molecule has 430 valence electrons. The molecule has 14 aromatic rings. The normalized spacial score (nSPS) is 12.0. The molecule has 0 radical (unpaired) electrons. The molecule has 0 saturated heterocycles. The summed E-state index contributed by atoms with van der Waals surface area (Å²) in [5.74, 6) is 1.50. The second-order valence-electron chi connectivity index (χ2n) is 23.5. The molecule has 12 aromatic carbocycles. The van der Waals surface area contributed by atoms with Crippen molar-refractivity contribution in [3.8, 4) is 91.4 Å². The summed E-state index contributed by atoms with van der Waals surface area (Å²) in [6.45, 7) is 1.97. The molecule has 2 aliphatic heterocycles. The maximum atomic E-state index is 10.7. The van der Waals surface area contributed by atoms with Crippen LogP contribution in [0.15, 0.2) is 273 Å². The summed E-state index contributed by atoms with van der Waals surface area (Å²) < 4.78 is 2.30. The number of aromatic nitrogens is 4. The third-order valence-corrected chi connectivity index (χ3v) is 18.1. The van der Waals surface area contributed by atoms with E-state index in [9.17, 15) is 15.8 Å². The van der Waals surface area contributed by atoms with Crippen LogP contribution in [0.25, 0.3) is 95.0 Å². The van der Waals surface area contributed by atoms with E-state index in [1.54, 1.807) is 0 Å². The third-order valence-electron chi connectivity index (χ3n) is 18.1. The first-order valence-electron chi connectivity index (χ1n) is 31.1. The summed E-state index contributed by atoms with van der Waals surface area (Å²) in [5, 5.41) is 34.1. The molecule has 0 bridgehead atoms. The molecule has 16 rings (SSSR count). The molecule has 10 heteroatoms. The van der Waals surface area contributed by atoms with E-state index in [0.717, 1.165) is 142 Å². The van der Waals surface area contributed by atoms with E-state index in [1.807, 2.05) is 115 Å². The van der Waals surface area contributed by atoms with Crippen LogP contribution in [0.2, 0.25) is 0 Å². The van der Waals surface area contributed by atoms with Gasteiger partial charge in [-0.25, -0.2) is 15.0 Å². The average Bonchev–Trinajstić information content (AvgIpc) is 0.825. The van der Waals surface area contributed by atoms with E-state index in [1.165, 1.54) is 5.56 Å². The van der Waals surface area contributed by atoms with Crippen molar-refractivity contribution in [1.29, 1.82) is 15.8 Å². The third kappa shape index (κ3) is 9.52. The number of unbranched alkanes of at least 4 members (excludes halogenated alkanes) is 1. The van der Waals surface area contributed by atoms with Gasteiger partial charge in [-0.05, 0) is 171 Å². The lowest BCUT2D eigenvalue weighted by Crippen LogP contribution is -2.61. The Kier molecular flexibility index (Phi) is 13.7. The molecule has 9 nitrogen and oxygen atoms in total. The lowest BCUT2D eigenvalue weighted by molar-refractivity contribution is 0.796. The standard InChI is InChI=1S/C82H54BN9/c1-2-3-16-53-27-40-72-67(43-53)68-47-63(33-42-73(68)92(72)74-41-28-54(50-84)44-69(74)82-88-80(61-21-12-6-13-22-61)87-81(89-82)62-23-14-7-15-24-62)64-48-77-79-78(49-64)91(66-36-31-60(32-37-66)58-19-10-5-11-20-58)76-46-56(52-86)26-39-71(76)83(79)70-38-25-55(51-85)45-75(70)90(77)65-34-29-59(30-35-65)57-17-8-4-9-18-57/h4-15,17-49H,2-3,16H2,1H3. The van der Waals surface area contributed by atoms with Crippen LogP contribution in [-0.2, 0) is 6.42 Å². The van der Waals surface area contributed by atoms with Crippen molar-refractivity contribution < 1.29 is 0 Å². The summed E-state index contributed by atoms with van der Waals surface area (Å²) in [7, 11) is 0. The number of rotatable bonds is 12. The van der Waals surface area contributed by atoms with Gasteiger partial charge in [-0.1, -0.05) is 183 Å². The van der Waals surface area contributed by atoms with Gasteiger partial charge in [-0.15, -0.1) is 0 Å². The van der Waals surface area contributed by atoms with Crippen molar-refractivity contribution >= 4 is 79.0 Å². The largest absolute Gasteiger partial charge is 0.311 e. The zero-order valence-corrected chi connectivity index (χ0v) is 50.2. The second kappa shape index (κ2) is 22.9. The Bertz CT molecular complexity index is 5130. The van der Waals surface area contributed by atoms with Crippen LogP contribution in [0.4, 0.5) is 34.1 Å². The first kappa shape index (κ1) is 54.9. The molecule has 2 aliphatic rings. The Morgan fingerprint density at radius 2 is 0.793 bits per heavy atom. The number of hydrogen-bond acceptors (Lipinski definition) is 8. The SMILES string of the molecule is CCCCc1ccc2c(c1)c1cc(-c3cc4c5c(c3)N(c3ccc(-c6ccccc6)cc3)c3cc(C#N)ccc3B5c3ccc(C#N)cc3N4c3ccc(-c4ccccc4)cc3)ccc1n2-c1ccc(C#N)cc1-c1nc(-c2ccccc2)nc(-c2ccccc2)n1. The molecule has 0 N–H and O–H groups in total. The van der Waals surface area contributed by atoms with Gasteiger partial charge in [0.2, 0.25) is 0 Å². The molecule has 0 spiro atoms. The van der Waals surface area contributed by atoms with E-state index in [0.29, 0.717) is 39.7 Å². The molecule has 2 aromatic heterocycles. The number of anilines is 6. The van der Waals surface area contributed by atoms with E-state index >= 15 is 0 Å². The number of benzene rings is 12. The highest BCUT2D eigenvalue weighted by atomic mass is 15.2. The van der Waals surface area contributed by atoms with Gasteiger partial charge in [0, 0.05) is 61.6 Å². The van der Waals surface area contributed by atoms with Gasteiger partial charge in [0.05, 0.1) is 51.6 Å². The Balaban J connectivity index is 0.950.